The van der Waals surface area contributed by atoms with Gasteiger partial charge in [0.05, 0.1) is 6.61 Å². The molecule has 0 bridgehead atoms. The molecule has 11 N–H and O–H groups in total. The third-order valence-corrected chi connectivity index (χ3v) is 9.40. The van der Waals surface area contributed by atoms with E-state index in [0.29, 0.717) is 5.56 Å². The van der Waals surface area contributed by atoms with Crippen molar-refractivity contribution in [2.45, 2.75) is 60.9 Å². The summed E-state index contributed by atoms with van der Waals surface area (Å²) in [5.41, 5.74) is 0.963. The maximum Gasteiger partial charge on any atom is 0.229 e. The van der Waals surface area contributed by atoms with Crippen LogP contribution >= 0.6 is 0 Å². The van der Waals surface area contributed by atoms with Crippen LogP contribution in [-0.2, 0) is 4.74 Å². The highest BCUT2D eigenvalue weighted by Crippen LogP contribution is 2.62. The van der Waals surface area contributed by atoms with Crippen LogP contribution in [0.2, 0.25) is 0 Å². The van der Waals surface area contributed by atoms with Gasteiger partial charge >= 0.3 is 0 Å². The predicted octanol–water partition coefficient (Wildman–Crippen LogP) is 1.59. The van der Waals surface area contributed by atoms with E-state index >= 15 is 0 Å². The van der Waals surface area contributed by atoms with Crippen LogP contribution in [-0.4, -0.2) is 99.6 Å². The topological polar surface area (TPSA) is 259 Å². The molecular formula is C35H34O15. The highest BCUT2D eigenvalue weighted by Gasteiger charge is 2.53. The van der Waals surface area contributed by atoms with Gasteiger partial charge in [0.25, 0.3) is 0 Å². The summed E-state index contributed by atoms with van der Waals surface area (Å²) in [4.78, 5) is 0. The van der Waals surface area contributed by atoms with Gasteiger partial charge in [-0.2, -0.15) is 0 Å². The first-order valence-electron chi connectivity index (χ1n) is 15.6. The molecule has 3 aliphatic rings. The molecule has 3 heterocycles. The average molecular weight is 695 g/mol. The van der Waals surface area contributed by atoms with Gasteiger partial charge in [-0.15, -0.1) is 0 Å². The second kappa shape index (κ2) is 12.6. The van der Waals surface area contributed by atoms with E-state index in [0.717, 1.165) is 6.07 Å². The molecule has 3 aliphatic heterocycles. The number of hydrogen-bond donors (Lipinski definition) is 11. The Balaban J connectivity index is 1.43. The molecule has 4 aromatic rings. The summed E-state index contributed by atoms with van der Waals surface area (Å²) in [5.74, 6) is -4.69. The zero-order chi connectivity index (χ0) is 35.6. The van der Waals surface area contributed by atoms with E-state index < -0.39 is 90.5 Å². The van der Waals surface area contributed by atoms with Gasteiger partial charge in [-0.25, -0.2) is 0 Å². The van der Waals surface area contributed by atoms with Gasteiger partial charge in [0.2, 0.25) is 6.29 Å². The van der Waals surface area contributed by atoms with Crippen molar-refractivity contribution in [3.05, 3.63) is 89.0 Å². The number of aliphatic hydroxyl groups excluding tert-OH is 5. The molecule has 0 amide bonds. The molecule has 0 aliphatic carbocycles. The van der Waals surface area contributed by atoms with Crippen molar-refractivity contribution in [1.29, 1.82) is 0 Å². The number of aliphatic hydroxyl groups is 5. The molecule has 50 heavy (non-hydrogen) atoms. The Morgan fingerprint density at radius 3 is 1.86 bits per heavy atom. The van der Waals surface area contributed by atoms with Crippen LogP contribution in [0.1, 0.15) is 46.3 Å². The molecule has 10 atom stereocenters. The van der Waals surface area contributed by atoms with Crippen molar-refractivity contribution in [3.63, 3.8) is 0 Å². The standard InChI is InChI=1S/C35H34O15/c36-12-24-28(43)30(45)31(46)35(49-24)50-34-18(8-16(38)9-21(34)42)25-27-26-22(47-32(25)13-1-4-15(37)5-2-13)10-17(39)11-23(26)48-33(29(27)44)14-3-6-19(40)20(41)7-14/h1-11,24-25,27-33,35-46H,12H2/t24-,25+,27+,28-,29-,30+,31-,32-,33-,35+/m1/s1. The van der Waals surface area contributed by atoms with E-state index in [2.05, 4.69) is 0 Å². The molecule has 264 valence electrons. The van der Waals surface area contributed by atoms with Crippen molar-refractivity contribution >= 4 is 0 Å². The molecule has 1 saturated heterocycles. The summed E-state index contributed by atoms with van der Waals surface area (Å²) in [6.45, 7) is -0.756. The first-order chi connectivity index (χ1) is 23.9. The largest absolute Gasteiger partial charge is 0.508 e. The Labute approximate surface area is 283 Å². The maximum atomic E-state index is 12.2. The Kier molecular flexibility index (Phi) is 8.42. The highest BCUT2D eigenvalue weighted by molar-refractivity contribution is 5.61. The number of phenolic OH excluding ortho intramolecular Hbond substituents is 6. The van der Waals surface area contributed by atoms with E-state index in [1.54, 1.807) is 12.1 Å². The third kappa shape index (κ3) is 5.59. The quantitative estimate of drug-likeness (QED) is 0.128. The van der Waals surface area contributed by atoms with E-state index in [4.69, 9.17) is 18.9 Å². The molecule has 1 fully saturated rings. The van der Waals surface area contributed by atoms with Crippen LogP contribution in [0, 0.1) is 0 Å². The lowest BCUT2D eigenvalue weighted by Crippen LogP contribution is -2.60. The van der Waals surface area contributed by atoms with Crippen molar-refractivity contribution in [2.24, 2.45) is 0 Å². The smallest absolute Gasteiger partial charge is 0.229 e. The number of ether oxygens (including phenoxy) is 4. The zero-order valence-corrected chi connectivity index (χ0v) is 25.9. The van der Waals surface area contributed by atoms with Crippen molar-refractivity contribution in [1.82, 2.24) is 0 Å². The minimum atomic E-state index is -1.88. The summed E-state index contributed by atoms with van der Waals surface area (Å²) < 4.78 is 24.2. The second-order valence-electron chi connectivity index (χ2n) is 12.5. The van der Waals surface area contributed by atoms with Crippen molar-refractivity contribution in [2.75, 3.05) is 6.61 Å². The van der Waals surface area contributed by atoms with Crippen LogP contribution in [0.3, 0.4) is 0 Å². The zero-order valence-electron chi connectivity index (χ0n) is 25.9. The molecule has 7 rings (SSSR count). The third-order valence-electron chi connectivity index (χ3n) is 9.40. The molecule has 0 radical (unpaired) electrons. The lowest BCUT2D eigenvalue weighted by molar-refractivity contribution is -0.277. The summed E-state index contributed by atoms with van der Waals surface area (Å²) >= 11 is 0. The molecular weight excluding hydrogens is 660 g/mol. The van der Waals surface area contributed by atoms with E-state index in [9.17, 15) is 56.2 Å². The fourth-order valence-corrected chi connectivity index (χ4v) is 7.02. The lowest BCUT2D eigenvalue weighted by Gasteiger charge is -2.47. The van der Waals surface area contributed by atoms with Crippen LogP contribution in [0.25, 0.3) is 0 Å². The van der Waals surface area contributed by atoms with Gasteiger partial charge in [0.15, 0.2) is 29.1 Å². The average Bonchev–Trinajstić information content (AvgIpc) is 3.08. The Bertz CT molecular complexity index is 1900. The molecule has 0 unspecified atom stereocenters. The van der Waals surface area contributed by atoms with E-state index in [-0.39, 0.29) is 45.4 Å². The van der Waals surface area contributed by atoms with E-state index in [1.165, 1.54) is 48.5 Å². The molecule has 0 saturated carbocycles. The van der Waals surface area contributed by atoms with Crippen LogP contribution < -0.4 is 14.2 Å². The first-order valence-corrected chi connectivity index (χ1v) is 15.6. The second-order valence-corrected chi connectivity index (χ2v) is 12.5. The molecule has 0 spiro atoms. The molecule has 4 aromatic carbocycles. The van der Waals surface area contributed by atoms with Gasteiger partial charge in [0.1, 0.15) is 65.4 Å². The van der Waals surface area contributed by atoms with E-state index in [1.807, 2.05) is 0 Å². The van der Waals surface area contributed by atoms with Gasteiger partial charge < -0.3 is 75.1 Å². The number of benzene rings is 4. The number of rotatable bonds is 6. The summed E-state index contributed by atoms with van der Waals surface area (Å²) in [5, 5.41) is 117. The van der Waals surface area contributed by atoms with Gasteiger partial charge in [-0.3, -0.25) is 0 Å². The summed E-state index contributed by atoms with van der Waals surface area (Å²) in [6.07, 6.45) is -12.3. The molecule has 15 heteroatoms. The SMILES string of the molecule is OC[C@H]1O[C@@H](Oc2c(O)cc(O)cc2[C@H]2[C@H]3c4c(cc(O)cc4O[C@@H]2c2ccc(O)cc2)O[C@H](c2ccc(O)c(O)c2)[C@@H]3O)[C@H](O)[C@@H](O)[C@@H]1O. The first kappa shape index (κ1) is 33.3. The maximum absolute atomic E-state index is 12.2. The Morgan fingerprint density at radius 1 is 0.560 bits per heavy atom. The number of phenols is 6. The summed E-state index contributed by atoms with van der Waals surface area (Å²) in [6, 6.07) is 14.5. The van der Waals surface area contributed by atoms with Crippen LogP contribution in [0.4, 0.5) is 0 Å². The fraction of sp³-hybridized carbons (Fsp3) is 0.314. The van der Waals surface area contributed by atoms with Gasteiger partial charge in [0, 0.05) is 41.2 Å². The fourth-order valence-electron chi connectivity index (χ4n) is 7.02. The predicted molar refractivity (Wildman–Crippen MR) is 168 cm³/mol. The summed E-state index contributed by atoms with van der Waals surface area (Å²) in [7, 11) is 0. The molecule has 15 nitrogen and oxygen atoms in total. The van der Waals surface area contributed by atoms with Crippen LogP contribution in [0.5, 0.6) is 51.7 Å². The lowest BCUT2D eigenvalue weighted by atomic mass is 9.68. The highest BCUT2D eigenvalue weighted by atomic mass is 16.7. The Hall–Kier alpha value is -5.16. The minimum absolute atomic E-state index is 0.000429. The van der Waals surface area contributed by atoms with Crippen molar-refractivity contribution < 1.29 is 75.1 Å². The normalized spacial score (nSPS) is 30.1. The van der Waals surface area contributed by atoms with Gasteiger partial charge in [-0.1, -0.05) is 18.2 Å². The van der Waals surface area contributed by atoms with Crippen molar-refractivity contribution in [3.8, 4) is 51.7 Å². The molecule has 0 aromatic heterocycles. The Morgan fingerprint density at radius 2 is 1.20 bits per heavy atom. The van der Waals surface area contributed by atoms with Gasteiger partial charge in [-0.05, 0) is 41.5 Å². The minimum Gasteiger partial charge on any atom is -0.508 e. The number of aromatic hydroxyl groups is 6. The van der Waals surface area contributed by atoms with Crippen LogP contribution in [0.15, 0.2) is 66.7 Å². The monoisotopic (exact) mass is 694 g/mol. The number of hydrogen-bond acceptors (Lipinski definition) is 15.